The van der Waals surface area contributed by atoms with Crippen LogP contribution in [-0.4, -0.2) is 46.4 Å². The van der Waals surface area contributed by atoms with E-state index in [-0.39, 0.29) is 18.3 Å². The van der Waals surface area contributed by atoms with Crippen LogP contribution in [0.3, 0.4) is 0 Å². The zero-order valence-corrected chi connectivity index (χ0v) is 14.6. The predicted molar refractivity (Wildman–Crippen MR) is 90.4 cm³/mol. The van der Waals surface area contributed by atoms with Gasteiger partial charge in [-0.05, 0) is 37.4 Å². The van der Waals surface area contributed by atoms with Crippen LogP contribution >= 0.6 is 11.8 Å². The number of nitrogens with one attached hydrogen (secondary N) is 1. The summed E-state index contributed by atoms with van der Waals surface area (Å²) >= 11 is 1.50. The normalized spacial score (nSPS) is 11.0. The lowest BCUT2D eigenvalue weighted by molar-refractivity contribution is 0.0946. The van der Waals surface area contributed by atoms with Crippen molar-refractivity contribution in [3.63, 3.8) is 0 Å². The van der Waals surface area contributed by atoms with Gasteiger partial charge in [-0.3, -0.25) is 4.79 Å². The molecule has 0 atom stereocenters. The molecular weight excluding hydrogens is 331 g/mol. The first-order chi connectivity index (χ1) is 11.6. The second-order valence-electron chi connectivity index (χ2n) is 5.03. The van der Waals surface area contributed by atoms with Crippen LogP contribution in [0.25, 0.3) is 0 Å². The third-order valence-electron chi connectivity index (χ3n) is 3.48. The third kappa shape index (κ3) is 5.61. The van der Waals surface area contributed by atoms with Gasteiger partial charge in [0.25, 0.3) is 11.1 Å². The molecule has 2 rings (SSSR count). The molecule has 0 saturated heterocycles. The van der Waals surface area contributed by atoms with Crippen LogP contribution in [0.5, 0.6) is 0 Å². The van der Waals surface area contributed by atoms with Gasteiger partial charge in [0.15, 0.2) is 0 Å². The summed E-state index contributed by atoms with van der Waals surface area (Å²) in [5, 5.41) is 11.0. The second kappa shape index (κ2) is 9.39. The standard InChI is InChI=1S/C16H21FN4O2S/c1-3-21(4-2)9-10-24-16-20-19-14(23-16)11-18-15(22)12-5-7-13(17)8-6-12/h5-8H,3-4,9-11H2,1-2H3,(H,18,22). The lowest BCUT2D eigenvalue weighted by atomic mass is 10.2. The molecule has 0 spiro atoms. The molecule has 0 unspecified atom stereocenters. The van der Waals surface area contributed by atoms with Crippen LogP contribution in [0.15, 0.2) is 33.9 Å². The van der Waals surface area contributed by atoms with Gasteiger partial charge in [0.1, 0.15) is 5.82 Å². The van der Waals surface area contributed by atoms with Gasteiger partial charge >= 0.3 is 0 Å². The molecule has 1 heterocycles. The molecule has 8 heteroatoms. The number of rotatable bonds is 9. The third-order valence-corrected chi connectivity index (χ3v) is 4.28. The molecule has 0 aliphatic carbocycles. The molecule has 1 aromatic carbocycles. The average molecular weight is 352 g/mol. The van der Waals surface area contributed by atoms with E-state index in [4.69, 9.17) is 4.42 Å². The number of halogens is 1. The maximum Gasteiger partial charge on any atom is 0.276 e. The van der Waals surface area contributed by atoms with Crippen molar-refractivity contribution < 1.29 is 13.6 Å². The van der Waals surface area contributed by atoms with Crippen LogP contribution in [0, 0.1) is 5.82 Å². The zero-order valence-electron chi connectivity index (χ0n) is 13.8. The molecule has 0 saturated carbocycles. The highest BCUT2D eigenvalue weighted by molar-refractivity contribution is 7.99. The number of thioether (sulfide) groups is 1. The topological polar surface area (TPSA) is 71.3 Å². The number of amides is 1. The Morgan fingerprint density at radius 2 is 1.96 bits per heavy atom. The van der Waals surface area contributed by atoms with E-state index in [0.29, 0.717) is 16.7 Å². The Balaban J connectivity index is 1.77. The van der Waals surface area contributed by atoms with E-state index >= 15 is 0 Å². The Bertz CT molecular complexity index is 644. The summed E-state index contributed by atoms with van der Waals surface area (Å²) in [5.74, 6) is 0.514. The van der Waals surface area contributed by atoms with E-state index in [1.165, 1.54) is 36.0 Å². The highest BCUT2D eigenvalue weighted by Gasteiger charge is 2.10. The van der Waals surface area contributed by atoms with Crippen LogP contribution in [-0.2, 0) is 6.54 Å². The fourth-order valence-electron chi connectivity index (χ4n) is 2.03. The lowest BCUT2D eigenvalue weighted by Crippen LogP contribution is -2.25. The minimum atomic E-state index is -0.380. The first-order valence-electron chi connectivity index (χ1n) is 7.83. The Labute approximate surface area is 144 Å². The molecule has 0 fully saturated rings. The van der Waals surface area contributed by atoms with Gasteiger partial charge in [0, 0.05) is 17.9 Å². The van der Waals surface area contributed by atoms with Gasteiger partial charge < -0.3 is 14.6 Å². The van der Waals surface area contributed by atoms with Crippen LogP contribution in [0.2, 0.25) is 0 Å². The highest BCUT2D eigenvalue weighted by atomic mass is 32.2. The fraction of sp³-hybridized carbons (Fsp3) is 0.438. The molecular formula is C16H21FN4O2S. The van der Waals surface area contributed by atoms with E-state index in [0.717, 1.165) is 25.4 Å². The SMILES string of the molecule is CCN(CC)CCSc1nnc(CNC(=O)c2ccc(F)cc2)o1. The maximum absolute atomic E-state index is 12.8. The number of aromatic nitrogens is 2. The van der Waals surface area contributed by atoms with Gasteiger partial charge in [-0.15, -0.1) is 10.2 Å². The van der Waals surface area contributed by atoms with Gasteiger partial charge in [-0.1, -0.05) is 25.6 Å². The van der Waals surface area contributed by atoms with Crippen molar-refractivity contribution >= 4 is 17.7 Å². The lowest BCUT2D eigenvalue weighted by Gasteiger charge is -2.16. The van der Waals surface area contributed by atoms with Crippen LogP contribution in [0.1, 0.15) is 30.1 Å². The smallest absolute Gasteiger partial charge is 0.276 e. The monoisotopic (exact) mass is 352 g/mol. The van der Waals surface area contributed by atoms with Gasteiger partial charge in [-0.25, -0.2) is 4.39 Å². The summed E-state index contributed by atoms with van der Waals surface area (Å²) in [7, 11) is 0. The molecule has 0 aliphatic rings. The van der Waals surface area contributed by atoms with Crippen LogP contribution in [0.4, 0.5) is 4.39 Å². The average Bonchev–Trinajstić information content (AvgIpc) is 3.05. The Morgan fingerprint density at radius 3 is 2.62 bits per heavy atom. The predicted octanol–water partition coefficient (Wildman–Crippen LogP) is 2.57. The van der Waals surface area contributed by atoms with E-state index in [1.54, 1.807) is 0 Å². The van der Waals surface area contributed by atoms with Gasteiger partial charge in [0.2, 0.25) is 5.89 Å². The quantitative estimate of drug-likeness (QED) is 0.700. The molecule has 2 aromatic rings. The second-order valence-corrected chi connectivity index (χ2v) is 6.07. The van der Waals surface area contributed by atoms with E-state index in [9.17, 15) is 9.18 Å². The number of carbonyl (C=O) groups is 1. The Hall–Kier alpha value is -1.93. The van der Waals surface area contributed by atoms with E-state index < -0.39 is 0 Å². The molecule has 24 heavy (non-hydrogen) atoms. The first-order valence-corrected chi connectivity index (χ1v) is 8.82. The Morgan fingerprint density at radius 1 is 1.25 bits per heavy atom. The molecule has 1 amide bonds. The van der Waals surface area contributed by atoms with Gasteiger partial charge in [0.05, 0.1) is 6.54 Å². The molecule has 1 N–H and O–H groups in total. The number of nitrogens with zero attached hydrogens (tertiary/aromatic N) is 3. The summed E-state index contributed by atoms with van der Waals surface area (Å²) in [6.07, 6.45) is 0. The van der Waals surface area contributed by atoms with Gasteiger partial charge in [-0.2, -0.15) is 0 Å². The maximum atomic E-state index is 12.8. The minimum Gasteiger partial charge on any atom is -0.414 e. The minimum absolute atomic E-state index is 0.139. The summed E-state index contributed by atoms with van der Waals surface area (Å²) in [4.78, 5) is 14.2. The molecule has 1 aromatic heterocycles. The van der Waals surface area contributed by atoms with E-state index in [1.807, 2.05) is 0 Å². The number of carbonyl (C=O) groups excluding carboxylic acids is 1. The van der Waals surface area contributed by atoms with Crippen LogP contribution < -0.4 is 5.32 Å². The largest absolute Gasteiger partial charge is 0.414 e. The summed E-state index contributed by atoms with van der Waals surface area (Å²) in [6, 6.07) is 5.33. The fourth-order valence-corrected chi connectivity index (χ4v) is 2.81. The number of benzene rings is 1. The molecule has 0 bridgehead atoms. The summed E-state index contributed by atoms with van der Waals surface area (Å²) in [5.41, 5.74) is 0.379. The van der Waals surface area contributed by atoms with Crippen molar-refractivity contribution in [1.82, 2.24) is 20.4 Å². The van der Waals surface area contributed by atoms with Crippen molar-refractivity contribution in [3.8, 4) is 0 Å². The molecule has 6 nitrogen and oxygen atoms in total. The zero-order chi connectivity index (χ0) is 17.4. The van der Waals surface area contributed by atoms with Crippen molar-refractivity contribution in [3.05, 3.63) is 41.5 Å². The Kier molecular flexibility index (Phi) is 7.20. The summed E-state index contributed by atoms with van der Waals surface area (Å²) < 4.78 is 18.3. The highest BCUT2D eigenvalue weighted by Crippen LogP contribution is 2.16. The van der Waals surface area contributed by atoms with E-state index in [2.05, 4.69) is 34.3 Å². The first kappa shape index (κ1) is 18.4. The molecule has 130 valence electrons. The van der Waals surface area contributed by atoms with Crippen molar-refractivity contribution in [2.45, 2.75) is 25.6 Å². The number of hydrogen-bond acceptors (Lipinski definition) is 6. The summed E-state index contributed by atoms with van der Waals surface area (Å²) in [6.45, 7) is 7.38. The number of hydrogen-bond donors (Lipinski definition) is 1. The van der Waals surface area contributed by atoms with Crippen molar-refractivity contribution in [2.24, 2.45) is 0 Å². The van der Waals surface area contributed by atoms with Crippen molar-refractivity contribution in [2.75, 3.05) is 25.4 Å². The van der Waals surface area contributed by atoms with Crippen molar-refractivity contribution in [1.29, 1.82) is 0 Å². The molecule has 0 radical (unpaired) electrons. The molecule has 0 aliphatic heterocycles.